The van der Waals surface area contributed by atoms with E-state index >= 15 is 0 Å². The van der Waals surface area contributed by atoms with Gasteiger partial charge in [-0.3, -0.25) is 9.59 Å². The van der Waals surface area contributed by atoms with E-state index in [-0.39, 0.29) is 18.4 Å². The lowest BCUT2D eigenvalue weighted by atomic mass is 10.1. The summed E-state index contributed by atoms with van der Waals surface area (Å²) < 4.78 is 6.92. The fourth-order valence-electron chi connectivity index (χ4n) is 3.54. The highest BCUT2D eigenvalue weighted by Gasteiger charge is 2.06. The molecule has 0 radical (unpaired) electrons. The first kappa shape index (κ1) is 28.6. The standard InChI is InChI=1S/C28H38BrN3O3/c1-2-3-4-5-6-7-8-9-10-15-27(33)30-21-28(34)32-31-20-24-13-11-12-14-26(24)35-22-23-16-18-25(29)19-17-23/h11-14,16-20H,2-10,15,21-22H2,1H3,(H,30,33)(H,32,34)/b31-20+. The van der Waals surface area contributed by atoms with Crippen LogP contribution in [0.4, 0.5) is 0 Å². The Balaban J connectivity index is 1.61. The maximum Gasteiger partial charge on any atom is 0.259 e. The van der Waals surface area contributed by atoms with Gasteiger partial charge in [-0.05, 0) is 36.2 Å². The highest BCUT2D eigenvalue weighted by atomic mass is 79.9. The van der Waals surface area contributed by atoms with E-state index in [1.807, 2.05) is 48.5 Å². The number of hydrogen-bond donors (Lipinski definition) is 2. The van der Waals surface area contributed by atoms with Crippen LogP contribution >= 0.6 is 15.9 Å². The lowest BCUT2D eigenvalue weighted by Crippen LogP contribution is -2.34. The van der Waals surface area contributed by atoms with Crippen LogP contribution in [0, 0.1) is 0 Å². The molecular formula is C28H38BrN3O3. The minimum Gasteiger partial charge on any atom is -0.488 e. The van der Waals surface area contributed by atoms with Gasteiger partial charge >= 0.3 is 0 Å². The molecule has 0 heterocycles. The number of unbranched alkanes of at least 4 members (excludes halogenated alkanes) is 8. The minimum absolute atomic E-state index is 0.0880. The van der Waals surface area contributed by atoms with Crippen molar-refractivity contribution in [2.45, 2.75) is 77.7 Å². The maximum atomic E-state index is 12.0. The Bertz CT molecular complexity index is 916. The van der Waals surface area contributed by atoms with Crippen molar-refractivity contribution < 1.29 is 14.3 Å². The summed E-state index contributed by atoms with van der Waals surface area (Å²) in [6, 6.07) is 15.4. The SMILES string of the molecule is CCCCCCCCCCCC(=O)NCC(=O)N/N=C/c1ccccc1OCc1ccc(Br)cc1. The molecule has 0 saturated heterocycles. The summed E-state index contributed by atoms with van der Waals surface area (Å²) in [5.41, 5.74) is 4.25. The molecule has 0 spiro atoms. The largest absolute Gasteiger partial charge is 0.488 e. The van der Waals surface area contributed by atoms with Gasteiger partial charge in [0, 0.05) is 16.5 Å². The second kappa shape index (κ2) is 17.7. The van der Waals surface area contributed by atoms with Gasteiger partial charge in [0.1, 0.15) is 12.4 Å². The van der Waals surface area contributed by atoms with Crippen LogP contribution < -0.4 is 15.5 Å². The monoisotopic (exact) mass is 543 g/mol. The van der Waals surface area contributed by atoms with E-state index in [4.69, 9.17) is 4.74 Å². The summed E-state index contributed by atoms with van der Waals surface area (Å²) in [4.78, 5) is 24.0. The van der Waals surface area contributed by atoms with Crippen molar-refractivity contribution in [1.29, 1.82) is 0 Å². The fraction of sp³-hybridized carbons (Fsp3) is 0.464. The molecule has 0 fully saturated rings. The Morgan fingerprint density at radius 2 is 1.54 bits per heavy atom. The molecule has 2 amide bonds. The normalized spacial score (nSPS) is 10.9. The smallest absolute Gasteiger partial charge is 0.259 e. The van der Waals surface area contributed by atoms with Crippen LogP contribution in [0.25, 0.3) is 0 Å². The quantitative estimate of drug-likeness (QED) is 0.135. The predicted octanol–water partition coefficient (Wildman–Crippen LogP) is 6.52. The van der Waals surface area contributed by atoms with E-state index in [9.17, 15) is 9.59 Å². The molecule has 0 unspecified atom stereocenters. The zero-order valence-corrected chi connectivity index (χ0v) is 22.3. The van der Waals surface area contributed by atoms with E-state index in [1.165, 1.54) is 44.9 Å². The Kier molecular flexibility index (Phi) is 14.5. The van der Waals surface area contributed by atoms with E-state index in [2.05, 4.69) is 38.7 Å². The number of hydrazone groups is 1. The van der Waals surface area contributed by atoms with Crippen LogP contribution in [0.1, 0.15) is 82.3 Å². The number of nitrogens with one attached hydrogen (secondary N) is 2. The maximum absolute atomic E-state index is 12.0. The first-order chi connectivity index (χ1) is 17.1. The second-order valence-corrected chi connectivity index (χ2v) is 9.52. The van der Waals surface area contributed by atoms with E-state index < -0.39 is 0 Å². The molecule has 0 aliphatic rings. The molecule has 2 N–H and O–H groups in total. The summed E-state index contributed by atoms with van der Waals surface area (Å²) in [7, 11) is 0. The van der Waals surface area contributed by atoms with Crippen molar-refractivity contribution in [3.63, 3.8) is 0 Å². The molecule has 0 aliphatic heterocycles. The van der Waals surface area contributed by atoms with Gasteiger partial charge < -0.3 is 10.1 Å². The van der Waals surface area contributed by atoms with Crippen LogP contribution in [0.15, 0.2) is 58.1 Å². The molecule has 2 aromatic rings. The molecule has 0 saturated carbocycles. The predicted molar refractivity (Wildman–Crippen MR) is 146 cm³/mol. The number of para-hydroxylation sites is 1. The molecular weight excluding hydrogens is 506 g/mol. The van der Waals surface area contributed by atoms with Gasteiger partial charge in [-0.1, -0.05) is 98.5 Å². The molecule has 6 nitrogen and oxygen atoms in total. The number of ether oxygens (including phenoxy) is 1. The van der Waals surface area contributed by atoms with Gasteiger partial charge in [0.2, 0.25) is 5.91 Å². The summed E-state index contributed by atoms with van der Waals surface area (Å²) in [5.74, 6) is 0.205. The van der Waals surface area contributed by atoms with Gasteiger partial charge in [-0.25, -0.2) is 5.43 Å². The lowest BCUT2D eigenvalue weighted by Gasteiger charge is -2.09. The number of hydrogen-bond acceptors (Lipinski definition) is 4. The van der Waals surface area contributed by atoms with E-state index in [1.54, 1.807) is 6.21 Å². The zero-order valence-electron chi connectivity index (χ0n) is 20.7. The van der Waals surface area contributed by atoms with E-state index in [0.717, 1.165) is 28.4 Å². The van der Waals surface area contributed by atoms with Crippen LogP contribution in [-0.4, -0.2) is 24.6 Å². The van der Waals surface area contributed by atoms with Crippen molar-refractivity contribution >= 4 is 34.0 Å². The minimum atomic E-state index is -0.366. The Morgan fingerprint density at radius 1 is 0.886 bits per heavy atom. The van der Waals surface area contributed by atoms with Gasteiger partial charge in [0.25, 0.3) is 5.91 Å². The Labute approximate surface area is 218 Å². The highest BCUT2D eigenvalue weighted by molar-refractivity contribution is 9.10. The Morgan fingerprint density at radius 3 is 2.26 bits per heavy atom. The van der Waals surface area contributed by atoms with Crippen molar-refractivity contribution in [1.82, 2.24) is 10.7 Å². The first-order valence-corrected chi connectivity index (χ1v) is 13.4. The van der Waals surface area contributed by atoms with Crippen LogP contribution in [0.3, 0.4) is 0 Å². The summed E-state index contributed by atoms with van der Waals surface area (Å²) in [5, 5.41) is 6.66. The lowest BCUT2D eigenvalue weighted by molar-refractivity contribution is -0.126. The van der Waals surface area contributed by atoms with Crippen molar-refractivity contribution in [3.05, 3.63) is 64.1 Å². The molecule has 0 aromatic heterocycles. The van der Waals surface area contributed by atoms with Gasteiger partial charge in [0.15, 0.2) is 0 Å². The Hall–Kier alpha value is -2.67. The number of halogens is 1. The van der Waals surface area contributed by atoms with Crippen LogP contribution in [0.2, 0.25) is 0 Å². The second-order valence-electron chi connectivity index (χ2n) is 8.60. The van der Waals surface area contributed by atoms with Crippen LogP contribution in [-0.2, 0) is 16.2 Å². The number of amides is 2. The van der Waals surface area contributed by atoms with Gasteiger partial charge in [-0.15, -0.1) is 0 Å². The zero-order chi connectivity index (χ0) is 25.1. The summed E-state index contributed by atoms with van der Waals surface area (Å²) >= 11 is 3.42. The van der Waals surface area contributed by atoms with Crippen molar-refractivity contribution in [2.24, 2.45) is 5.10 Å². The van der Waals surface area contributed by atoms with Gasteiger partial charge in [-0.2, -0.15) is 5.10 Å². The van der Waals surface area contributed by atoms with Gasteiger partial charge in [0.05, 0.1) is 12.8 Å². The number of carbonyl (C=O) groups excluding carboxylic acids is 2. The molecule has 0 atom stereocenters. The number of rotatable bonds is 17. The third-order valence-electron chi connectivity index (χ3n) is 5.57. The molecule has 35 heavy (non-hydrogen) atoms. The number of nitrogens with zero attached hydrogens (tertiary/aromatic N) is 1. The molecule has 7 heteroatoms. The molecule has 190 valence electrons. The van der Waals surface area contributed by atoms with Crippen molar-refractivity contribution in [2.75, 3.05) is 6.54 Å². The average Bonchev–Trinajstić information content (AvgIpc) is 2.87. The summed E-state index contributed by atoms with van der Waals surface area (Å²) in [6.07, 6.45) is 12.9. The molecule has 2 aromatic carbocycles. The molecule has 0 aliphatic carbocycles. The first-order valence-electron chi connectivity index (χ1n) is 12.6. The average molecular weight is 545 g/mol. The number of benzene rings is 2. The van der Waals surface area contributed by atoms with Crippen LogP contribution in [0.5, 0.6) is 5.75 Å². The fourth-order valence-corrected chi connectivity index (χ4v) is 3.80. The third kappa shape index (κ3) is 13.1. The van der Waals surface area contributed by atoms with Crippen molar-refractivity contribution in [3.8, 4) is 5.75 Å². The third-order valence-corrected chi connectivity index (χ3v) is 6.10. The topological polar surface area (TPSA) is 79.8 Å². The molecule has 0 bridgehead atoms. The molecule has 2 rings (SSSR count). The number of carbonyl (C=O) groups is 2. The highest BCUT2D eigenvalue weighted by Crippen LogP contribution is 2.18. The summed E-state index contributed by atoms with van der Waals surface area (Å²) in [6.45, 7) is 2.57. The van der Waals surface area contributed by atoms with E-state index in [0.29, 0.717) is 18.8 Å².